The SMILES string of the molecule is O=C(CCCCC(=O)OC1Cc2ccccc2C1)OC1Cc2ccccc2C1. The molecule has 0 atom stereocenters. The third-order valence-corrected chi connectivity index (χ3v) is 5.64. The Bertz CT molecular complexity index is 736. The molecule has 2 aliphatic carbocycles. The van der Waals surface area contributed by atoms with E-state index < -0.39 is 0 Å². The molecule has 0 saturated carbocycles. The first-order valence-corrected chi connectivity index (χ1v) is 10.2. The van der Waals surface area contributed by atoms with E-state index in [-0.39, 0.29) is 24.1 Å². The summed E-state index contributed by atoms with van der Waals surface area (Å²) in [6, 6.07) is 16.5. The Hall–Kier alpha value is -2.62. The van der Waals surface area contributed by atoms with E-state index in [1.54, 1.807) is 0 Å². The molecule has 2 aromatic carbocycles. The Morgan fingerprint density at radius 1 is 0.643 bits per heavy atom. The van der Waals surface area contributed by atoms with Crippen LogP contribution < -0.4 is 0 Å². The van der Waals surface area contributed by atoms with E-state index in [0.29, 0.717) is 25.7 Å². The molecule has 0 saturated heterocycles. The molecule has 0 unspecified atom stereocenters. The number of benzene rings is 2. The summed E-state index contributed by atoms with van der Waals surface area (Å²) in [7, 11) is 0. The van der Waals surface area contributed by atoms with Gasteiger partial charge in [0, 0.05) is 38.5 Å². The molecule has 2 aromatic rings. The van der Waals surface area contributed by atoms with Gasteiger partial charge in [-0.05, 0) is 35.1 Å². The fourth-order valence-corrected chi connectivity index (χ4v) is 4.23. The van der Waals surface area contributed by atoms with E-state index in [2.05, 4.69) is 24.3 Å². The van der Waals surface area contributed by atoms with E-state index >= 15 is 0 Å². The van der Waals surface area contributed by atoms with Crippen LogP contribution in [0.5, 0.6) is 0 Å². The summed E-state index contributed by atoms with van der Waals surface area (Å²) in [5.41, 5.74) is 5.10. The second kappa shape index (κ2) is 8.59. The summed E-state index contributed by atoms with van der Waals surface area (Å²) in [5, 5.41) is 0. The molecule has 146 valence electrons. The standard InChI is InChI=1S/C24H26O4/c25-23(27-21-13-17-7-1-2-8-18(17)14-21)11-5-6-12-24(26)28-22-15-19-9-3-4-10-20(19)16-22/h1-4,7-10,21-22H,5-6,11-16H2. The van der Waals surface area contributed by atoms with Crippen LogP contribution in [0.1, 0.15) is 47.9 Å². The second-order valence-corrected chi connectivity index (χ2v) is 7.78. The molecule has 2 aliphatic rings. The number of carbonyl (C=O) groups is 2. The molecule has 4 rings (SSSR count). The van der Waals surface area contributed by atoms with Gasteiger partial charge in [0.05, 0.1) is 0 Å². The minimum Gasteiger partial charge on any atom is -0.462 e. The van der Waals surface area contributed by atoms with E-state index in [1.165, 1.54) is 22.3 Å². The highest BCUT2D eigenvalue weighted by Gasteiger charge is 2.25. The molecule has 0 heterocycles. The van der Waals surface area contributed by atoms with Crippen molar-refractivity contribution in [3.63, 3.8) is 0 Å². The smallest absolute Gasteiger partial charge is 0.306 e. The van der Waals surface area contributed by atoms with Gasteiger partial charge >= 0.3 is 11.9 Å². The third-order valence-electron chi connectivity index (χ3n) is 5.64. The molecule has 0 amide bonds. The van der Waals surface area contributed by atoms with Crippen molar-refractivity contribution in [2.45, 2.75) is 63.6 Å². The zero-order valence-corrected chi connectivity index (χ0v) is 16.1. The van der Waals surface area contributed by atoms with E-state index in [4.69, 9.17) is 9.47 Å². The van der Waals surface area contributed by atoms with Gasteiger partial charge in [0.15, 0.2) is 0 Å². The number of fused-ring (bicyclic) bond motifs is 2. The zero-order chi connectivity index (χ0) is 19.3. The Kier molecular flexibility index (Phi) is 5.75. The molecule has 0 fully saturated rings. The van der Waals surface area contributed by atoms with Crippen molar-refractivity contribution in [3.8, 4) is 0 Å². The van der Waals surface area contributed by atoms with Gasteiger partial charge in [-0.2, -0.15) is 0 Å². The monoisotopic (exact) mass is 378 g/mol. The van der Waals surface area contributed by atoms with Crippen LogP contribution in [0, 0.1) is 0 Å². The Morgan fingerprint density at radius 3 is 1.29 bits per heavy atom. The molecular weight excluding hydrogens is 352 g/mol. The maximum Gasteiger partial charge on any atom is 0.306 e. The summed E-state index contributed by atoms with van der Waals surface area (Å²) >= 11 is 0. The van der Waals surface area contributed by atoms with Crippen molar-refractivity contribution in [2.75, 3.05) is 0 Å². The molecule has 4 nitrogen and oxygen atoms in total. The Labute approximate surface area is 165 Å². The van der Waals surface area contributed by atoms with Gasteiger partial charge in [0.1, 0.15) is 12.2 Å². The first-order valence-electron chi connectivity index (χ1n) is 10.2. The fraction of sp³-hybridized carbons (Fsp3) is 0.417. The van der Waals surface area contributed by atoms with Crippen molar-refractivity contribution >= 4 is 11.9 Å². The summed E-state index contributed by atoms with van der Waals surface area (Å²) in [6.45, 7) is 0. The van der Waals surface area contributed by atoms with Crippen LogP contribution in [0.4, 0.5) is 0 Å². The van der Waals surface area contributed by atoms with Crippen LogP contribution >= 0.6 is 0 Å². The van der Waals surface area contributed by atoms with Crippen LogP contribution in [-0.2, 0) is 44.7 Å². The van der Waals surface area contributed by atoms with Crippen molar-refractivity contribution in [2.24, 2.45) is 0 Å². The van der Waals surface area contributed by atoms with Gasteiger partial charge < -0.3 is 9.47 Å². The first kappa shape index (κ1) is 18.7. The number of hydrogen-bond acceptors (Lipinski definition) is 4. The largest absolute Gasteiger partial charge is 0.462 e. The number of carbonyl (C=O) groups excluding carboxylic acids is 2. The summed E-state index contributed by atoms with van der Waals surface area (Å²) in [6.07, 6.45) is 5.14. The highest BCUT2D eigenvalue weighted by Crippen LogP contribution is 2.25. The maximum atomic E-state index is 12.1. The molecule has 0 radical (unpaired) electrons. The van der Waals surface area contributed by atoms with Crippen LogP contribution in [-0.4, -0.2) is 24.1 Å². The Balaban J connectivity index is 1.10. The number of unbranched alkanes of at least 4 members (excludes halogenated alkanes) is 1. The van der Waals surface area contributed by atoms with Crippen LogP contribution in [0.25, 0.3) is 0 Å². The quantitative estimate of drug-likeness (QED) is 0.540. The van der Waals surface area contributed by atoms with Crippen LogP contribution in [0.15, 0.2) is 48.5 Å². The Morgan fingerprint density at radius 2 is 0.964 bits per heavy atom. The molecule has 0 bridgehead atoms. The highest BCUT2D eigenvalue weighted by atomic mass is 16.5. The minimum atomic E-state index is -0.169. The van der Waals surface area contributed by atoms with Crippen molar-refractivity contribution < 1.29 is 19.1 Å². The van der Waals surface area contributed by atoms with E-state index in [9.17, 15) is 9.59 Å². The van der Waals surface area contributed by atoms with Gasteiger partial charge in [-0.3, -0.25) is 9.59 Å². The van der Waals surface area contributed by atoms with Crippen molar-refractivity contribution in [1.29, 1.82) is 0 Å². The summed E-state index contributed by atoms with van der Waals surface area (Å²) < 4.78 is 11.2. The fourth-order valence-electron chi connectivity index (χ4n) is 4.23. The van der Waals surface area contributed by atoms with Crippen LogP contribution in [0.3, 0.4) is 0 Å². The number of ether oxygens (including phenoxy) is 2. The molecule has 0 aliphatic heterocycles. The second-order valence-electron chi connectivity index (χ2n) is 7.78. The molecule has 4 heteroatoms. The lowest BCUT2D eigenvalue weighted by Crippen LogP contribution is -2.19. The normalized spacial score (nSPS) is 15.9. The van der Waals surface area contributed by atoms with Crippen LogP contribution in [0.2, 0.25) is 0 Å². The predicted octanol–water partition coefficient (Wildman–Crippen LogP) is 3.97. The average molecular weight is 378 g/mol. The third kappa shape index (κ3) is 4.61. The highest BCUT2D eigenvalue weighted by molar-refractivity contribution is 5.71. The average Bonchev–Trinajstić information content (AvgIpc) is 3.27. The molecule has 0 N–H and O–H groups in total. The zero-order valence-electron chi connectivity index (χ0n) is 16.1. The summed E-state index contributed by atoms with van der Waals surface area (Å²) in [4.78, 5) is 24.1. The lowest BCUT2D eigenvalue weighted by molar-refractivity contribution is -0.151. The predicted molar refractivity (Wildman–Crippen MR) is 106 cm³/mol. The minimum absolute atomic E-state index is 0.0427. The van der Waals surface area contributed by atoms with Crippen molar-refractivity contribution in [3.05, 3.63) is 70.8 Å². The van der Waals surface area contributed by atoms with Gasteiger partial charge in [0.25, 0.3) is 0 Å². The lowest BCUT2D eigenvalue weighted by atomic mass is 10.1. The van der Waals surface area contributed by atoms with Gasteiger partial charge in [-0.1, -0.05) is 48.5 Å². The van der Waals surface area contributed by atoms with Gasteiger partial charge in [-0.25, -0.2) is 0 Å². The van der Waals surface area contributed by atoms with Gasteiger partial charge in [0.2, 0.25) is 0 Å². The van der Waals surface area contributed by atoms with Crippen molar-refractivity contribution in [1.82, 2.24) is 0 Å². The maximum absolute atomic E-state index is 12.1. The number of rotatable bonds is 7. The van der Waals surface area contributed by atoms with E-state index in [1.807, 2.05) is 24.3 Å². The lowest BCUT2D eigenvalue weighted by Gasteiger charge is -2.12. The number of esters is 2. The molecule has 28 heavy (non-hydrogen) atoms. The topological polar surface area (TPSA) is 52.6 Å². The molecular formula is C24H26O4. The number of hydrogen-bond donors (Lipinski definition) is 0. The van der Waals surface area contributed by atoms with E-state index in [0.717, 1.165) is 25.7 Å². The molecule has 0 aromatic heterocycles. The molecule has 0 spiro atoms. The summed E-state index contributed by atoms with van der Waals surface area (Å²) in [5.74, 6) is -0.338. The first-order chi connectivity index (χ1) is 13.7. The van der Waals surface area contributed by atoms with Gasteiger partial charge in [-0.15, -0.1) is 0 Å².